The monoisotopic (exact) mass is 263 g/mol. The highest BCUT2D eigenvalue weighted by Gasteiger charge is 2.24. The van der Waals surface area contributed by atoms with Crippen LogP contribution in [0.4, 0.5) is 5.82 Å². The fourth-order valence-electron chi connectivity index (χ4n) is 2.99. The van der Waals surface area contributed by atoms with Crippen LogP contribution in [0.15, 0.2) is 17.2 Å². The molecule has 2 atom stereocenters. The molecule has 1 saturated carbocycles. The number of hydrogen-bond acceptors (Lipinski definition) is 3. The zero-order valence-electron chi connectivity index (χ0n) is 12.2. The van der Waals surface area contributed by atoms with Crippen LogP contribution in [0.5, 0.6) is 0 Å². The highest BCUT2D eigenvalue weighted by Crippen LogP contribution is 2.28. The zero-order chi connectivity index (χ0) is 13.8. The Morgan fingerprint density at radius 1 is 1.42 bits per heavy atom. The van der Waals surface area contributed by atoms with Crippen molar-refractivity contribution in [2.24, 2.45) is 5.92 Å². The van der Waals surface area contributed by atoms with Gasteiger partial charge in [0.2, 0.25) is 0 Å². The van der Waals surface area contributed by atoms with E-state index < -0.39 is 0 Å². The molecule has 0 saturated heterocycles. The van der Waals surface area contributed by atoms with E-state index in [1.54, 1.807) is 17.0 Å². The third kappa shape index (κ3) is 3.17. The molecule has 2 unspecified atom stereocenters. The smallest absolute Gasteiger partial charge is 0.293 e. The Morgan fingerprint density at radius 3 is 2.84 bits per heavy atom. The standard InChI is InChI=1S/C15H25N3O/c1-4-12-7-5-6-8-13(12)17-14-15(19)18(11(2)3)10-9-16-14/h9-13H,4-8H2,1-3H3,(H,16,17). The SMILES string of the molecule is CCC1CCCCC1Nc1nccn(C(C)C)c1=O. The summed E-state index contributed by atoms with van der Waals surface area (Å²) in [4.78, 5) is 16.6. The topological polar surface area (TPSA) is 46.9 Å². The average Bonchev–Trinajstić information content (AvgIpc) is 2.41. The van der Waals surface area contributed by atoms with Gasteiger partial charge in [-0.15, -0.1) is 0 Å². The molecule has 0 aliphatic heterocycles. The van der Waals surface area contributed by atoms with Gasteiger partial charge in [0.05, 0.1) is 0 Å². The van der Waals surface area contributed by atoms with Crippen LogP contribution in [0.3, 0.4) is 0 Å². The number of anilines is 1. The minimum absolute atomic E-state index is 0.00192. The first-order valence-electron chi connectivity index (χ1n) is 7.47. The molecule has 0 bridgehead atoms. The van der Waals surface area contributed by atoms with Crippen LogP contribution in [0.1, 0.15) is 58.9 Å². The summed E-state index contributed by atoms with van der Waals surface area (Å²) >= 11 is 0. The summed E-state index contributed by atoms with van der Waals surface area (Å²) in [6.45, 7) is 6.26. The van der Waals surface area contributed by atoms with E-state index in [0.717, 1.165) is 6.42 Å². The number of nitrogens with zero attached hydrogens (tertiary/aromatic N) is 2. The van der Waals surface area contributed by atoms with Crippen molar-refractivity contribution in [3.63, 3.8) is 0 Å². The van der Waals surface area contributed by atoms with E-state index in [9.17, 15) is 4.79 Å². The molecule has 19 heavy (non-hydrogen) atoms. The second-order valence-electron chi connectivity index (χ2n) is 5.79. The minimum Gasteiger partial charge on any atom is -0.362 e. The number of nitrogens with one attached hydrogen (secondary N) is 1. The Morgan fingerprint density at radius 2 is 2.16 bits per heavy atom. The van der Waals surface area contributed by atoms with Crippen molar-refractivity contribution in [3.8, 4) is 0 Å². The normalized spacial score (nSPS) is 23.6. The molecule has 0 amide bonds. The van der Waals surface area contributed by atoms with E-state index in [2.05, 4.69) is 17.2 Å². The molecule has 1 aromatic rings. The van der Waals surface area contributed by atoms with Crippen molar-refractivity contribution in [2.75, 3.05) is 5.32 Å². The molecule has 1 aliphatic carbocycles. The molecule has 0 aromatic carbocycles. The maximum Gasteiger partial charge on any atom is 0.293 e. The molecular weight excluding hydrogens is 238 g/mol. The van der Waals surface area contributed by atoms with Crippen LogP contribution in [0.25, 0.3) is 0 Å². The van der Waals surface area contributed by atoms with Crippen LogP contribution in [0, 0.1) is 5.92 Å². The molecule has 1 aliphatic rings. The summed E-state index contributed by atoms with van der Waals surface area (Å²) in [5, 5.41) is 3.40. The number of rotatable bonds is 4. The molecule has 0 spiro atoms. The molecular formula is C15H25N3O. The Labute approximate surface area is 115 Å². The lowest BCUT2D eigenvalue weighted by Gasteiger charge is -2.31. The van der Waals surface area contributed by atoms with Crippen LogP contribution >= 0.6 is 0 Å². The van der Waals surface area contributed by atoms with Crippen molar-refractivity contribution >= 4 is 5.82 Å². The Kier molecular flexibility index (Phi) is 4.61. The average molecular weight is 263 g/mol. The minimum atomic E-state index is -0.00192. The van der Waals surface area contributed by atoms with Crippen LogP contribution < -0.4 is 10.9 Å². The van der Waals surface area contributed by atoms with Gasteiger partial charge in [-0.2, -0.15) is 0 Å². The zero-order valence-corrected chi connectivity index (χ0v) is 12.2. The highest BCUT2D eigenvalue weighted by molar-refractivity contribution is 5.33. The second-order valence-corrected chi connectivity index (χ2v) is 5.79. The molecule has 1 fully saturated rings. The lowest BCUT2D eigenvalue weighted by atomic mass is 9.83. The lowest BCUT2D eigenvalue weighted by Crippen LogP contribution is -2.36. The van der Waals surface area contributed by atoms with E-state index in [4.69, 9.17) is 0 Å². The maximum atomic E-state index is 12.3. The van der Waals surface area contributed by atoms with Crippen LogP contribution in [0.2, 0.25) is 0 Å². The summed E-state index contributed by atoms with van der Waals surface area (Å²) in [7, 11) is 0. The van der Waals surface area contributed by atoms with Crippen molar-refractivity contribution in [3.05, 3.63) is 22.7 Å². The Bertz CT molecular complexity index is 467. The van der Waals surface area contributed by atoms with E-state index in [1.807, 2.05) is 13.8 Å². The van der Waals surface area contributed by atoms with Gasteiger partial charge in [-0.3, -0.25) is 4.79 Å². The first-order valence-corrected chi connectivity index (χ1v) is 7.47. The quantitative estimate of drug-likeness (QED) is 0.907. The molecule has 1 N–H and O–H groups in total. The van der Waals surface area contributed by atoms with Crippen molar-refractivity contribution < 1.29 is 0 Å². The summed E-state index contributed by atoms with van der Waals surface area (Å²) in [6, 6.07) is 0.575. The van der Waals surface area contributed by atoms with Crippen LogP contribution in [-0.4, -0.2) is 15.6 Å². The lowest BCUT2D eigenvalue weighted by molar-refractivity contribution is 0.316. The largest absolute Gasteiger partial charge is 0.362 e. The highest BCUT2D eigenvalue weighted by atomic mass is 16.1. The molecule has 0 radical (unpaired) electrons. The first-order chi connectivity index (χ1) is 9.13. The van der Waals surface area contributed by atoms with E-state index >= 15 is 0 Å². The predicted molar refractivity (Wildman–Crippen MR) is 78.5 cm³/mol. The van der Waals surface area contributed by atoms with Gasteiger partial charge in [0.25, 0.3) is 5.56 Å². The Balaban J connectivity index is 2.18. The summed E-state index contributed by atoms with van der Waals surface area (Å²) in [5.41, 5.74) is -0.00192. The Hall–Kier alpha value is -1.32. The number of hydrogen-bond donors (Lipinski definition) is 1. The van der Waals surface area contributed by atoms with Gasteiger partial charge in [0.1, 0.15) is 0 Å². The van der Waals surface area contributed by atoms with Gasteiger partial charge in [-0.05, 0) is 32.6 Å². The van der Waals surface area contributed by atoms with Gasteiger partial charge >= 0.3 is 0 Å². The molecule has 4 nitrogen and oxygen atoms in total. The molecule has 4 heteroatoms. The summed E-state index contributed by atoms with van der Waals surface area (Å²) < 4.78 is 1.74. The molecule has 1 aromatic heterocycles. The fourth-order valence-corrected chi connectivity index (χ4v) is 2.99. The van der Waals surface area contributed by atoms with Crippen molar-refractivity contribution in [2.45, 2.75) is 65.0 Å². The summed E-state index contributed by atoms with van der Waals surface area (Å²) in [5.74, 6) is 1.18. The van der Waals surface area contributed by atoms with E-state index in [-0.39, 0.29) is 11.6 Å². The van der Waals surface area contributed by atoms with E-state index in [0.29, 0.717) is 17.8 Å². The second kappa shape index (κ2) is 6.22. The predicted octanol–water partition coefficient (Wildman–Crippen LogP) is 3.20. The van der Waals surface area contributed by atoms with Gasteiger partial charge in [-0.1, -0.05) is 26.2 Å². The van der Waals surface area contributed by atoms with Gasteiger partial charge < -0.3 is 9.88 Å². The molecule has 1 heterocycles. The van der Waals surface area contributed by atoms with Gasteiger partial charge in [-0.25, -0.2) is 4.98 Å². The van der Waals surface area contributed by atoms with Gasteiger partial charge in [0, 0.05) is 24.5 Å². The maximum absolute atomic E-state index is 12.3. The third-order valence-electron chi connectivity index (χ3n) is 4.18. The van der Waals surface area contributed by atoms with Crippen molar-refractivity contribution in [1.82, 2.24) is 9.55 Å². The van der Waals surface area contributed by atoms with Crippen molar-refractivity contribution in [1.29, 1.82) is 0 Å². The number of aromatic nitrogens is 2. The fraction of sp³-hybridized carbons (Fsp3) is 0.733. The summed E-state index contributed by atoms with van der Waals surface area (Å²) in [6.07, 6.45) is 9.62. The molecule has 2 rings (SSSR count). The first kappa shape index (κ1) is 14.1. The van der Waals surface area contributed by atoms with E-state index in [1.165, 1.54) is 25.7 Å². The molecule has 106 valence electrons. The third-order valence-corrected chi connectivity index (χ3v) is 4.18. The van der Waals surface area contributed by atoms with Gasteiger partial charge in [0.15, 0.2) is 5.82 Å². The van der Waals surface area contributed by atoms with Crippen LogP contribution in [-0.2, 0) is 0 Å².